The van der Waals surface area contributed by atoms with E-state index in [-0.39, 0.29) is 0 Å². The largest absolute Gasteiger partial charge is 0.384 e. The molecule has 0 bridgehead atoms. The number of aromatic nitrogens is 2. The van der Waals surface area contributed by atoms with E-state index in [1.54, 1.807) is 0 Å². The second-order valence-electron chi connectivity index (χ2n) is 9.68. The summed E-state index contributed by atoms with van der Waals surface area (Å²) < 4.78 is 0. The number of fused-ring (bicyclic) bond motifs is 4. The van der Waals surface area contributed by atoms with Crippen LogP contribution in [0.25, 0.3) is 21.8 Å². The number of nitrogens with zero attached hydrogens (tertiary/aromatic N) is 4. The second kappa shape index (κ2) is 11.6. The highest BCUT2D eigenvalue weighted by Gasteiger charge is 2.31. The molecule has 0 radical (unpaired) electrons. The highest BCUT2D eigenvalue weighted by atomic mass is 35.5. The summed E-state index contributed by atoms with van der Waals surface area (Å²) in [5.74, 6) is 0. The van der Waals surface area contributed by atoms with Crippen molar-refractivity contribution in [3.05, 3.63) is 64.9 Å². The molecule has 0 aliphatic carbocycles. The topological polar surface area (TPSA) is 44.1 Å². The monoisotopic (exact) mass is 521 g/mol. The van der Waals surface area contributed by atoms with Gasteiger partial charge in [-0.2, -0.15) is 0 Å². The van der Waals surface area contributed by atoms with Crippen molar-refractivity contribution in [2.45, 2.75) is 38.5 Å². The van der Waals surface area contributed by atoms with Gasteiger partial charge in [-0.15, -0.1) is 0 Å². The van der Waals surface area contributed by atoms with Crippen molar-refractivity contribution >= 4 is 62.1 Å². The summed E-state index contributed by atoms with van der Waals surface area (Å²) in [6, 6.07) is 13.9. The maximum absolute atomic E-state index is 6.10. The van der Waals surface area contributed by atoms with E-state index < -0.39 is 0 Å². The van der Waals surface area contributed by atoms with Crippen LogP contribution in [0.5, 0.6) is 0 Å². The molecule has 1 aliphatic heterocycles. The first-order valence-corrected chi connectivity index (χ1v) is 13.7. The number of hydrogen-bond donors (Lipinski definition) is 1. The Hall–Kier alpha value is -2.60. The summed E-state index contributed by atoms with van der Waals surface area (Å²) in [4.78, 5) is 13.8. The minimum atomic E-state index is 0.722. The molecule has 7 heteroatoms. The Morgan fingerprint density at radius 1 is 0.806 bits per heavy atom. The number of anilines is 3. The lowest BCUT2D eigenvalue weighted by molar-refractivity contribution is 0.316. The van der Waals surface area contributed by atoms with Crippen LogP contribution in [0, 0.1) is 0 Å². The smallest absolute Gasteiger partial charge is 0.0845 e. The molecule has 4 aromatic rings. The lowest BCUT2D eigenvalue weighted by atomic mass is 10.1. The van der Waals surface area contributed by atoms with Crippen molar-refractivity contribution < 1.29 is 0 Å². The number of unbranched alkanes of at least 4 members (excludes halogenated alkanes) is 4. The van der Waals surface area contributed by atoms with Crippen molar-refractivity contribution in [2.75, 3.05) is 43.4 Å². The summed E-state index contributed by atoms with van der Waals surface area (Å²) in [6.45, 7) is 4.38. The van der Waals surface area contributed by atoms with Gasteiger partial charge in [-0.05, 0) is 88.3 Å². The lowest BCUT2D eigenvalue weighted by Crippen LogP contribution is -2.21. The Kier molecular flexibility index (Phi) is 8.10. The van der Waals surface area contributed by atoms with Crippen LogP contribution in [0.4, 0.5) is 17.1 Å². The molecule has 5 nitrogen and oxygen atoms in total. The number of pyridine rings is 2. The standard InChI is InChI=1S/C29H33Cl2N5/c1-35(15-5-2-4-13-32-25-12-14-33-26-18-21(30)8-10-23(25)26)16-6-3-7-17-36-28-20-34-27-19-22(31)9-11-24(27)29(28)36/h8-12,14,18-20H,2-7,13,15-17H2,1H3,(H,32,33). The fraction of sp³-hybridized carbons (Fsp3) is 0.379. The number of halogens is 2. The van der Waals surface area contributed by atoms with E-state index in [4.69, 9.17) is 23.2 Å². The quantitative estimate of drug-likeness (QED) is 0.143. The first-order chi connectivity index (χ1) is 17.6. The third kappa shape index (κ3) is 6.03. The molecule has 3 heterocycles. The normalized spacial score (nSPS) is 12.5. The predicted octanol–water partition coefficient (Wildman–Crippen LogP) is 7.93. The molecule has 1 N–H and O–H groups in total. The van der Waals surface area contributed by atoms with Crippen LogP contribution in [0.15, 0.2) is 54.9 Å². The zero-order chi connectivity index (χ0) is 24.9. The molecule has 36 heavy (non-hydrogen) atoms. The zero-order valence-electron chi connectivity index (χ0n) is 20.8. The van der Waals surface area contributed by atoms with Gasteiger partial charge in [0.25, 0.3) is 0 Å². The minimum Gasteiger partial charge on any atom is -0.384 e. The molecular weight excluding hydrogens is 489 g/mol. The summed E-state index contributed by atoms with van der Waals surface area (Å²) in [7, 11) is 2.25. The molecular formula is C29H33Cl2N5. The Morgan fingerprint density at radius 2 is 1.50 bits per heavy atom. The van der Waals surface area contributed by atoms with E-state index in [1.165, 1.54) is 55.4 Å². The van der Waals surface area contributed by atoms with Gasteiger partial charge in [0.05, 0.1) is 28.6 Å². The third-order valence-corrected chi connectivity index (χ3v) is 7.42. The molecule has 0 amide bonds. The number of hydrogen-bond acceptors (Lipinski definition) is 5. The molecule has 0 unspecified atom stereocenters. The van der Waals surface area contributed by atoms with E-state index in [0.717, 1.165) is 58.2 Å². The molecule has 0 atom stereocenters. The molecule has 1 aliphatic rings. The van der Waals surface area contributed by atoms with Crippen LogP contribution < -0.4 is 10.2 Å². The van der Waals surface area contributed by atoms with Crippen LogP contribution in [0.2, 0.25) is 10.0 Å². The van der Waals surface area contributed by atoms with Crippen LogP contribution in [-0.4, -0.2) is 48.1 Å². The van der Waals surface area contributed by atoms with Crippen LogP contribution in [0.1, 0.15) is 38.5 Å². The third-order valence-electron chi connectivity index (χ3n) is 6.95. The van der Waals surface area contributed by atoms with Crippen LogP contribution in [0.3, 0.4) is 0 Å². The van der Waals surface area contributed by atoms with E-state index in [2.05, 4.69) is 38.2 Å². The minimum absolute atomic E-state index is 0.722. The van der Waals surface area contributed by atoms with E-state index >= 15 is 0 Å². The maximum Gasteiger partial charge on any atom is 0.0845 e. The van der Waals surface area contributed by atoms with Crippen molar-refractivity contribution in [2.24, 2.45) is 0 Å². The highest BCUT2D eigenvalue weighted by Crippen LogP contribution is 2.51. The average Bonchev–Trinajstić information content (AvgIpc) is 3.58. The summed E-state index contributed by atoms with van der Waals surface area (Å²) in [6.07, 6.45) is 11.1. The molecule has 2 aromatic carbocycles. The van der Waals surface area contributed by atoms with Gasteiger partial charge in [-0.25, -0.2) is 0 Å². The van der Waals surface area contributed by atoms with Gasteiger partial charge in [0.15, 0.2) is 0 Å². The van der Waals surface area contributed by atoms with Gasteiger partial charge in [0.2, 0.25) is 0 Å². The number of benzene rings is 2. The van der Waals surface area contributed by atoms with Gasteiger partial charge in [0.1, 0.15) is 0 Å². The second-order valence-corrected chi connectivity index (χ2v) is 10.5. The van der Waals surface area contributed by atoms with Gasteiger partial charge in [-0.3, -0.25) is 9.97 Å². The Balaban J connectivity index is 0.923. The Bertz CT molecular complexity index is 1340. The van der Waals surface area contributed by atoms with Crippen molar-refractivity contribution in [1.82, 2.24) is 14.9 Å². The van der Waals surface area contributed by atoms with Gasteiger partial charge < -0.3 is 15.1 Å². The van der Waals surface area contributed by atoms with Crippen LogP contribution in [-0.2, 0) is 0 Å². The van der Waals surface area contributed by atoms with Crippen molar-refractivity contribution in [1.29, 1.82) is 0 Å². The molecule has 0 saturated carbocycles. The molecule has 0 fully saturated rings. The summed E-state index contributed by atoms with van der Waals surface area (Å²) in [5, 5.41) is 7.37. The molecule has 188 valence electrons. The first kappa shape index (κ1) is 25.1. The predicted molar refractivity (Wildman–Crippen MR) is 154 cm³/mol. The van der Waals surface area contributed by atoms with E-state index in [1.807, 2.05) is 48.8 Å². The summed E-state index contributed by atoms with van der Waals surface area (Å²) in [5.41, 5.74) is 5.66. The van der Waals surface area contributed by atoms with Gasteiger partial charge >= 0.3 is 0 Å². The Labute approximate surface area is 223 Å². The number of nitrogens with one attached hydrogen (secondary N) is 1. The van der Waals surface area contributed by atoms with Gasteiger partial charge in [0, 0.05) is 45.8 Å². The van der Waals surface area contributed by atoms with Gasteiger partial charge in [-0.1, -0.05) is 36.0 Å². The molecule has 5 rings (SSSR count). The molecule has 0 saturated heterocycles. The Morgan fingerprint density at radius 3 is 2.28 bits per heavy atom. The average molecular weight is 523 g/mol. The highest BCUT2D eigenvalue weighted by molar-refractivity contribution is 6.31. The van der Waals surface area contributed by atoms with E-state index in [9.17, 15) is 0 Å². The lowest BCUT2D eigenvalue weighted by Gasteiger charge is -2.16. The SMILES string of the molecule is CN(CCCCCNc1ccnc2cc(Cl)ccc12)CCCCCN1c2cnc3cc(Cl)ccc3c21. The van der Waals surface area contributed by atoms with E-state index in [0.29, 0.717) is 0 Å². The fourth-order valence-electron chi connectivity index (χ4n) is 4.92. The zero-order valence-corrected chi connectivity index (χ0v) is 22.3. The molecule has 2 aromatic heterocycles. The fourth-order valence-corrected chi connectivity index (χ4v) is 5.26. The number of rotatable bonds is 13. The van der Waals surface area contributed by atoms with Crippen molar-refractivity contribution in [3.8, 4) is 0 Å². The summed E-state index contributed by atoms with van der Waals surface area (Å²) >= 11 is 12.2. The van der Waals surface area contributed by atoms with Crippen LogP contribution >= 0.6 is 23.2 Å². The maximum atomic E-state index is 6.10. The molecule has 0 spiro atoms. The first-order valence-electron chi connectivity index (χ1n) is 12.9. The van der Waals surface area contributed by atoms with Crippen molar-refractivity contribution in [3.63, 3.8) is 0 Å².